The van der Waals surface area contributed by atoms with E-state index in [4.69, 9.17) is 9.47 Å². The Bertz CT molecular complexity index is 1050. The topological polar surface area (TPSA) is 69.6 Å². The van der Waals surface area contributed by atoms with Crippen LogP contribution in [-0.2, 0) is 25.6 Å². The minimum Gasteiger partial charge on any atom is -0.463 e. The van der Waals surface area contributed by atoms with Crippen LogP contribution in [-0.4, -0.2) is 29.7 Å². The fraction of sp³-hybridized carbons (Fsp3) is 0.273. The van der Waals surface area contributed by atoms with E-state index in [1.165, 1.54) is 0 Å². The van der Waals surface area contributed by atoms with Crippen molar-refractivity contribution in [1.29, 1.82) is 0 Å². The summed E-state index contributed by atoms with van der Waals surface area (Å²) >= 11 is 0. The molecule has 1 aromatic heterocycles. The minimum absolute atomic E-state index is 0.0406. The number of para-hydroxylation sites is 1. The molecule has 0 amide bonds. The van der Waals surface area contributed by atoms with E-state index in [0.717, 1.165) is 34.4 Å². The van der Waals surface area contributed by atoms with Crippen LogP contribution in [0, 0.1) is 0 Å². The van der Waals surface area contributed by atoms with Gasteiger partial charge in [-0.3, -0.25) is 0 Å². The molecule has 0 aliphatic rings. The van der Waals surface area contributed by atoms with E-state index in [0.29, 0.717) is 5.69 Å². The summed E-state index contributed by atoms with van der Waals surface area (Å²) in [6.07, 6.45) is 1.13. The van der Waals surface area contributed by atoms with Crippen LogP contribution in [0.5, 0.6) is 0 Å². The largest absolute Gasteiger partial charge is 0.463 e. The van der Waals surface area contributed by atoms with Crippen LogP contribution in [0.4, 0.5) is 5.69 Å². The zero-order chi connectivity index (χ0) is 20.1. The molecule has 3 aromatic rings. The SMILES string of the molecule is CCOC(=O)/C=C(/Nc1ccc2c(c1)c1ccccc1n2CC)C(=O)OCC. The molecule has 3 rings (SSSR count). The van der Waals surface area contributed by atoms with Crippen LogP contribution in [0.25, 0.3) is 21.8 Å². The van der Waals surface area contributed by atoms with Crippen molar-refractivity contribution in [2.75, 3.05) is 18.5 Å². The molecule has 0 saturated heterocycles. The maximum Gasteiger partial charge on any atom is 0.355 e. The van der Waals surface area contributed by atoms with E-state index in [9.17, 15) is 9.59 Å². The molecule has 0 bridgehead atoms. The third kappa shape index (κ3) is 3.86. The Morgan fingerprint density at radius 2 is 1.68 bits per heavy atom. The number of aryl methyl sites for hydroxylation is 1. The molecule has 146 valence electrons. The Morgan fingerprint density at radius 1 is 0.964 bits per heavy atom. The molecule has 1 heterocycles. The maximum atomic E-state index is 12.2. The maximum absolute atomic E-state index is 12.2. The van der Waals surface area contributed by atoms with E-state index < -0.39 is 11.9 Å². The molecule has 0 spiro atoms. The van der Waals surface area contributed by atoms with Gasteiger partial charge in [-0.05, 0) is 45.0 Å². The first-order valence-corrected chi connectivity index (χ1v) is 9.42. The van der Waals surface area contributed by atoms with Crippen molar-refractivity contribution in [2.45, 2.75) is 27.3 Å². The number of rotatable bonds is 7. The lowest BCUT2D eigenvalue weighted by Gasteiger charge is -2.11. The lowest BCUT2D eigenvalue weighted by atomic mass is 10.1. The summed E-state index contributed by atoms with van der Waals surface area (Å²) in [5.41, 5.74) is 3.00. The first kappa shape index (κ1) is 19.5. The van der Waals surface area contributed by atoms with Gasteiger partial charge in [0, 0.05) is 34.0 Å². The molecule has 0 aliphatic heterocycles. The van der Waals surface area contributed by atoms with Gasteiger partial charge in [-0.25, -0.2) is 9.59 Å². The second-order valence-corrected chi connectivity index (χ2v) is 6.15. The zero-order valence-corrected chi connectivity index (χ0v) is 16.3. The third-order valence-electron chi connectivity index (χ3n) is 4.41. The summed E-state index contributed by atoms with van der Waals surface area (Å²) in [6, 6.07) is 14.1. The van der Waals surface area contributed by atoms with Crippen molar-refractivity contribution < 1.29 is 19.1 Å². The summed E-state index contributed by atoms with van der Waals surface area (Å²) in [4.78, 5) is 24.1. The highest BCUT2D eigenvalue weighted by Crippen LogP contribution is 2.31. The fourth-order valence-corrected chi connectivity index (χ4v) is 3.28. The average molecular weight is 380 g/mol. The molecule has 6 heteroatoms. The number of hydrogen-bond acceptors (Lipinski definition) is 5. The fourth-order valence-electron chi connectivity index (χ4n) is 3.28. The normalized spacial score (nSPS) is 11.6. The summed E-state index contributed by atoms with van der Waals surface area (Å²) in [5, 5.41) is 5.22. The summed E-state index contributed by atoms with van der Waals surface area (Å²) in [6.45, 7) is 6.83. The van der Waals surface area contributed by atoms with Crippen LogP contribution in [0.2, 0.25) is 0 Å². The van der Waals surface area contributed by atoms with Crippen molar-refractivity contribution in [3.8, 4) is 0 Å². The number of carbonyl (C=O) groups excluding carboxylic acids is 2. The number of esters is 2. The highest BCUT2D eigenvalue weighted by Gasteiger charge is 2.15. The molecular formula is C22H24N2O4. The number of aromatic nitrogens is 1. The van der Waals surface area contributed by atoms with Crippen molar-refractivity contribution in [3.05, 3.63) is 54.2 Å². The molecule has 0 unspecified atom stereocenters. The Morgan fingerprint density at radius 3 is 2.39 bits per heavy atom. The van der Waals surface area contributed by atoms with Crippen LogP contribution >= 0.6 is 0 Å². The Balaban J connectivity index is 2.03. The molecule has 0 saturated carbocycles. The van der Waals surface area contributed by atoms with Gasteiger partial charge in [0.05, 0.1) is 19.3 Å². The van der Waals surface area contributed by atoms with Gasteiger partial charge in [0.2, 0.25) is 0 Å². The number of benzene rings is 2. The van der Waals surface area contributed by atoms with Crippen LogP contribution < -0.4 is 5.32 Å². The number of fused-ring (bicyclic) bond motifs is 3. The number of hydrogen-bond donors (Lipinski definition) is 1. The second kappa shape index (κ2) is 8.61. The first-order valence-electron chi connectivity index (χ1n) is 9.42. The van der Waals surface area contributed by atoms with Gasteiger partial charge in [0.1, 0.15) is 5.70 Å². The number of ether oxygens (including phenoxy) is 2. The standard InChI is InChI=1S/C22H24N2O4/c1-4-24-19-10-8-7-9-16(19)17-13-15(11-12-20(17)24)23-18(22(26)28-6-3)14-21(25)27-5-2/h7-14,23H,4-6H2,1-3H3/b18-14+. The first-order chi connectivity index (χ1) is 13.6. The van der Waals surface area contributed by atoms with E-state index in [1.807, 2.05) is 30.3 Å². The minimum atomic E-state index is -0.605. The smallest absolute Gasteiger partial charge is 0.355 e. The van der Waals surface area contributed by atoms with Gasteiger partial charge < -0.3 is 19.4 Å². The van der Waals surface area contributed by atoms with Crippen molar-refractivity contribution >= 4 is 39.4 Å². The van der Waals surface area contributed by atoms with Crippen LogP contribution in [0.1, 0.15) is 20.8 Å². The van der Waals surface area contributed by atoms with Crippen LogP contribution in [0.15, 0.2) is 54.2 Å². The predicted octanol–water partition coefficient (Wildman–Crippen LogP) is 4.24. The molecule has 28 heavy (non-hydrogen) atoms. The second-order valence-electron chi connectivity index (χ2n) is 6.15. The highest BCUT2D eigenvalue weighted by molar-refractivity contribution is 6.09. The lowest BCUT2D eigenvalue weighted by molar-refractivity contribution is -0.140. The van der Waals surface area contributed by atoms with Gasteiger partial charge >= 0.3 is 11.9 Å². The van der Waals surface area contributed by atoms with Gasteiger partial charge in [0.15, 0.2) is 0 Å². The van der Waals surface area contributed by atoms with E-state index in [2.05, 4.69) is 28.9 Å². The summed E-state index contributed by atoms with van der Waals surface area (Å²) in [5.74, 6) is -1.20. The van der Waals surface area contributed by atoms with Crippen LogP contribution in [0.3, 0.4) is 0 Å². The molecular weight excluding hydrogens is 356 g/mol. The monoisotopic (exact) mass is 380 g/mol. The van der Waals surface area contributed by atoms with Crippen molar-refractivity contribution in [3.63, 3.8) is 0 Å². The quantitative estimate of drug-likeness (QED) is 0.490. The number of nitrogens with zero attached hydrogens (tertiary/aromatic N) is 1. The van der Waals surface area contributed by atoms with Gasteiger partial charge in [-0.15, -0.1) is 0 Å². The third-order valence-corrected chi connectivity index (χ3v) is 4.41. The molecule has 0 radical (unpaired) electrons. The average Bonchev–Trinajstić information content (AvgIpc) is 3.01. The number of carbonyl (C=O) groups is 2. The molecule has 6 nitrogen and oxygen atoms in total. The molecule has 0 atom stereocenters. The number of anilines is 1. The molecule has 0 fully saturated rings. The van der Waals surface area contributed by atoms with Crippen molar-refractivity contribution in [1.82, 2.24) is 4.57 Å². The Labute approximate surface area is 163 Å². The summed E-state index contributed by atoms with van der Waals surface area (Å²) in [7, 11) is 0. The highest BCUT2D eigenvalue weighted by atomic mass is 16.5. The predicted molar refractivity (Wildman–Crippen MR) is 110 cm³/mol. The summed E-state index contributed by atoms with van der Waals surface area (Å²) < 4.78 is 12.2. The Kier molecular flexibility index (Phi) is 5.99. The van der Waals surface area contributed by atoms with Crippen molar-refractivity contribution in [2.24, 2.45) is 0 Å². The molecule has 2 aromatic carbocycles. The zero-order valence-electron chi connectivity index (χ0n) is 16.3. The molecule has 0 aliphatic carbocycles. The van der Waals surface area contributed by atoms with Gasteiger partial charge in [0.25, 0.3) is 0 Å². The molecule has 1 N–H and O–H groups in total. The Hall–Kier alpha value is -3.28. The van der Waals surface area contributed by atoms with E-state index >= 15 is 0 Å². The van der Waals surface area contributed by atoms with E-state index in [-0.39, 0.29) is 18.9 Å². The van der Waals surface area contributed by atoms with Gasteiger partial charge in [-0.1, -0.05) is 18.2 Å². The van der Waals surface area contributed by atoms with Gasteiger partial charge in [-0.2, -0.15) is 0 Å². The lowest BCUT2D eigenvalue weighted by Crippen LogP contribution is -2.17. The number of nitrogens with one attached hydrogen (secondary N) is 1. The van der Waals surface area contributed by atoms with E-state index in [1.54, 1.807) is 13.8 Å².